The molecule has 0 saturated carbocycles. The van der Waals surface area contributed by atoms with Gasteiger partial charge in [0.25, 0.3) is 5.56 Å². The average Bonchev–Trinajstić information content (AvgIpc) is 2.76. The minimum absolute atomic E-state index is 0.144. The van der Waals surface area contributed by atoms with Gasteiger partial charge < -0.3 is 25.7 Å². The molecular formula is C25H30N2O4. The number of hydrogen-bond donors (Lipinski definition) is 4. The molecule has 0 bridgehead atoms. The lowest BCUT2D eigenvalue weighted by molar-refractivity contribution is 0.0761. The first-order chi connectivity index (χ1) is 14.9. The van der Waals surface area contributed by atoms with Crippen LogP contribution in [0.15, 0.2) is 65.1 Å². The highest BCUT2D eigenvalue weighted by molar-refractivity contribution is 5.78. The Hall–Kier alpha value is -3.09. The first kappa shape index (κ1) is 22.6. The monoisotopic (exact) mass is 422 g/mol. The molecule has 1 heterocycles. The molecule has 0 aliphatic heterocycles. The van der Waals surface area contributed by atoms with Crippen molar-refractivity contribution in [3.8, 4) is 5.75 Å². The van der Waals surface area contributed by atoms with E-state index in [1.807, 2.05) is 67.6 Å². The van der Waals surface area contributed by atoms with Crippen molar-refractivity contribution >= 4 is 17.0 Å². The lowest BCUT2D eigenvalue weighted by Crippen LogP contribution is -2.19. The van der Waals surface area contributed by atoms with Gasteiger partial charge in [0.15, 0.2) is 0 Å². The standard InChI is InChI=1S/C25H30N2O4/c1-2-21(28)10-11-22(29)16-31-23-8-5-6-17(13-23)12-20(26)15-19-14-18-7-3-4-9-24(18)27-25(19)30/h3-9,12-14,21-22,28-29H,2,10-11,15-16,26H2,1H3,(H,27,30)/b20-12-/t21-,22-/m0/s1. The molecule has 31 heavy (non-hydrogen) atoms. The number of allylic oxidation sites excluding steroid dienone is 1. The van der Waals surface area contributed by atoms with Crippen LogP contribution in [0.3, 0.4) is 0 Å². The highest BCUT2D eigenvalue weighted by atomic mass is 16.5. The van der Waals surface area contributed by atoms with Crippen molar-refractivity contribution < 1.29 is 14.9 Å². The maximum absolute atomic E-state index is 12.3. The van der Waals surface area contributed by atoms with E-state index in [1.54, 1.807) is 0 Å². The Morgan fingerprint density at radius 3 is 2.68 bits per heavy atom. The summed E-state index contributed by atoms with van der Waals surface area (Å²) in [6, 6.07) is 16.9. The first-order valence-corrected chi connectivity index (χ1v) is 10.6. The number of H-pyrrole nitrogens is 1. The molecule has 0 saturated heterocycles. The zero-order valence-electron chi connectivity index (χ0n) is 17.8. The van der Waals surface area contributed by atoms with Gasteiger partial charge in [0.05, 0.1) is 12.2 Å². The van der Waals surface area contributed by atoms with E-state index < -0.39 is 6.10 Å². The normalized spacial score (nSPS) is 13.8. The van der Waals surface area contributed by atoms with Crippen molar-refractivity contribution in [1.82, 2.24) is 4.98 Å². The number of aromatic amines is 1. The molecule has 3 rings (SSSR count). The molecule has 1 aromatic heterocycles. The summed E-state index contributed by atoms with van der Waals surface area (Å²) < 4.78 is 5.68. The number of nitrogens with one attached hydrogen (secondary N) is 1. The Bertz CT molecular complexity index is 1090. The quantitative estimate of drug-likeness (QED) is 0.401. The molecule has 6 nitrogen and oxygen atoms in total. The van der Waals surface area contributed by atoms with Crippen molar-refractivity contribution in [2.24, 2.45) is 5.73 Å². The molecule has 0 radical (unpaired) electrons. The number of hydrogen-bond acceptors (Lipinski definition) is 5. The van der Waals surface area contributed by atoms with Crippen molar-refractivity contribution in [3.63, 3.8) is 0 Å². The van der Waals surface area contributed by atoms with Gasteiger partial charge in [-0.25, -0.2) is 0 Å². The Balaban J connectivity index is 1.63. The molecule has 0 aliphatic rings. The van der Waals surface area contributed by atoms with E-state index in [9.17, 15) is 15.0 Å². The number of nitrogens with two attached hydrogens (primary N) is 1. The van der Waals surface area contributed by atoms with Crippen molar-refractivity contribution in [2.45, 2.75) is 44.8 Å². The number of para-hydroxylation sites is 1. The summed E-state index contributed by atoms with van der Waals surface area (Å²) in [7, 11) is 0. The number of fused-ring (bicyclic) bond motifs is 1. The number of aliphatic hydroxyl groups is 2. The number of rotatable bonds is 10. The molecule has 3 aromatic rings. The van der Waals surface area contributed by atoms with Gasteiger partial charge in [0, 0.05) is 23.2 Å². The number of pyridine rings is 1. The van der Waals surface area contributed by atoms with Gasteiger partial charge in [0.2, 0.25) is 0 Å². The summed E-state index contributed by atoms with van der Waals surface area (Å²) in [5, 5.41) is 20.6. The predicted octanol–water partition coefficient (Wildman–Crippen LogP) is 3.36. The Morgan fingerprint density at radius 2 is 1.87 bits per heavy atom. The van der Waals surface area contributed by atoms with Crippen LogP contribution in [0, 0.1) is 0 Å². The molecule has 0 aliphatic carbocycles. The van der Waals surface area contributed by atoms with Crippen molar-refractivity contribution in [3.05, 3.63) is 81.8 Å². The average molecular weight is 423 g/mol. The summed E-state index contributed by atoms with van der Waals surface area (Å²) in [6.45, 7) is 2.07. The smallest absolute Gasteiger partial charge is 0.252 e. The van der Waals surface area contributed by atoms with Crippen LogP contribution in [0.2, 0.25) is 0 Å². The first-order valence-electron chi connectivity index (χ1n) is 10.6. The number of ether oxygens (including phenoxy) is 1. The maximum atomic E-state index is 12.3. The van der Waals surface area contributed by atoms with E-state index in [1.165, 1.54) is 0 Å². The molecule has 2 atom stereocenters. The van der Waals surface area contributed by atoms with Crippen LogP contribution in [0.25, 0.3) is 17.0 Å². The second kappa shape index (κ2) is 10.8. The molecule has 0 spiro atoms. The fraction of sp³-hybridized carbons (Fsp3) is 0.320. The minimum atomic E-state index is -0.634. The van der Waals surface area contributed by atoms with Gasteiger partial charge in [0.1, 0.15) is 12.4 Å². The van der Waals surface area contributed by atoms with Crippen LogP contribution >= 0.6 is 0 Å². The van der Waals surface area contributed by atoms with E-state index in [-0.39, 0.29) is 18.3 Å². The second-order valence-electron chi connectivity index (χ2n) is 7.78. The lowest BCUT2D eigenvalue weighted by atomic mass is 10.1. The zero-order valence-corrected chi connectivity index (χ0v) is 17.8. The van der Waals surface area contributed by atoms with Crippen LogP contribution in [-0.4, -0.2) is 34.0 Å². The third kappa shape index (κ3) is 6.70. The number of benzene rings is 2. The van der Waals surface area contributed by atoms with Crippen molar-refractivity contribution in [2.75, 3.05) is 6.61 Å². The van der Waals surface area contributed by atoms with E-state index in [0.29, 0.717) is 42.7 Å². The van der Waals surface area contributed by atoms with E-state index in [0.717, 1.165) is 16.5 Å². The van der Waals surface area contributed by atoms with Gasteiger partial charge in [-0.2, -0.15) is 0 Å². The molecule has 0 unspecified atom stereocenters. The summed E-state index contributed by atoms with van der Waals surface area (Å²) in [5.41, 5.74) is 8.88. The Labute approximate surface area is 182 Å². The molecule has 0 amide bonds. The second-order valence-corrected chi connectivity index (χ2v) is 7.78. The third-order valence-electron chi connectivity index (χ3n) is 5.18. The SMILES string of the molecule is CC[C@H](O)CC[C@H](O)COc1cccc(/C=C(\N)Cc2cc3ccccc3[nH]c2=O)c1. The summed E-state index contributed by atoms with van der Waals surface area (Å²) in [6.07, 6.45) is 2.84. The lowest BCUT2D eigenvalue weighted by Gasteiger charge is -2.14. The summed E-state index contributed by atoms with van der Waals surface area (Å²) in [5.74, 6) is 0.625. The van der Waals surface area contributed by atoms with Crippen LogP contribution < -0.4 is 16.0 Å². The van der Waals surface area contributed by atoms with Crippen LogP contribution in [0.5, 0.6) is 5.75 Å². The van der Waals surface area contributed by atoms with E-state index in [2.05, 4.69) is 4.98 Å². The summed E-state index contributed by atoms with van der Waals surface area (Å²) >= 11 is 0. The minimum Gasteiger partial charge on any atom is -0.491 e. The number of aliphatic hydroxyl groups excluding tert-OH is 2. The fourth-order valence-electron chi connectivity index (χ4n) is 3.37. The topological polar surface area (TPSA) is 109 Å². The third-order valence-corrected chi connectivity index (χ3v) is 5.18. The van der Waals surface area contributed by atoms with E-state index >= 15 is 0 Å². The molecular weight excluding hydrogens is 392 g/mol. The number of aromatic nitrogens is 1. The molecule has 2 aromatic carbocycles. The zero-order chi connectivity index (χ0) is 22.2. The largest absolute Gasteiger partial charge is 0.491 e. The molecule has 0 fully saturated rings. The Morgan fingerprint density at radius 1 is 1.10 bits per heavy atom. The van der Waals surface area contributed by atoms with Gasteiger partial charge in [-0.1, -0.05) is 37.3 Å². The summed E-state index contributed by atoms with van der Waals surface area (Å²) in [4.78, 5) is 15.2. The van der Waals surface area contributed by atoms with E-state index in [4.69, 9.17) is 10.5 Å². The van der Waals surface area contributed by atoms with Gasteiger partial charge in [-0.15, -0.1) is 0 Å². The van der Waals surface area contributed by atoms with Gasteiger partial charge in [-0.3, -0.25) is 4.79 Å². The predicted molar refractivity (Wildman–Crippen MR) is 124 cm³/mol. The van der Waals surface area contributed by atoms with Crippen LogP contribution in [0.4, 0.5) is 0 Å². The van der Waals surface area contributed by atoms with Crippen molar-refractivity contribution in [1.29, 1.82) is 0 Å². The molecule has 6 heteroatoms. The molecule has 5 N–H and O–H groups in total. The molecule has 164 valence electrons. The van der Waals surface area contributed by atoms with Gasteiger partial charge in [-0.05, 0) is 60.6 Å². The van der Waals surface area contributed by atoms with Gasteiger partial charge >= 0.3 is 0 Å². The van der Waals surface area contributed by atoms with Crippen LogP contribution in [0.1, 0.15) is 37.3 Å². The fourth-order valence-corrected chi connectivity index (χ4v) is 3.37. The highest BCUT2D eigenvalue weighted by Gasteiger charge is 2.09. The highest BCUT2D eigenvalue weighted by Crippen LogP contribution is 2.17. The van der Waals surface area contributed by atoms with Crippen LogP contribution in [-0.2, 0) is 6.42 Å². The Kier molecular flexibility index (Phi) is 7.87. The maximum Gasteiger partial charge on any atom is 0.252 e.